The average Bonchev–Trinajstić information content (AvgIpc) is 3.27. The second-order valence-electron chi connectivity index (χ2n) is 6.89. The SMILES string of the molecule is CCc1c(Nc2cc(-n3nc(C)cc3CO)ncn2)nn(C)c1-c1ccc(F)cc1. The van der Waals surface area contributed by atoms with Gasteiger partial charge in [-0.3, -0.25) is 4.68 Å². The lowest BCUT2D eigenvalue weighted by Crippen LogP contribution is -2.06. The van der Waals surface area contributed by atoms with E-state index in [9.17, 15) is 9.50 Å². The minimum atomic E-state index is -0.276. The Morgan fingerprint density at radius 1 is 1.10 bits per heavy atom. The first-order valence-corrected chi connectivity index (χ1v) is 9.57. The normalized spacial score (nSPS) is 11.1. The molecule has 0 radical (unpaired) electrons. The van der Waals surface area contributed by atoms with Gasteiger partial charge in [0.25, 0.3) is 0 Å². The maximum atomic E-state index is 13.3. The minimum Gasteiger partial charge on any atom is -0.390 e. The molecular weight excluding hydrogens is 385 g/mol. The second-order valence-corrected chi connectivity index (χ2v) is 6.89. The smallest absolute Gasteiger partial charge is 0.159 e. The van der Waals surface area contributed by atoms with Crippen molar-refractivity contribution in [3.05, 3.63) is 65.5 Å². The molecule has 0 aliphatic rings. The van der Waals surface area contributed by atoms with Crippen LogP contribution in [0.4, 0.5) is 16.0 Å². The third-order valence-corrected chi connectivity index (χ3v) is 4.80. The summed E-state index contributed by atoms with van der Waals surface area (Å²) in [4.78, 5) is 8.57. The van der Waals surface area contributed by atoms with E-state index in [1.165, 1.54) is 18.5 Å². The molecule has 0 saturated heterocycles. The zero-order valence-corrected chi connectivity index (χ0v) is 17.0. The van der Waals surface area contributed by atoms with Crippen molar-refractivity contribution in [3.8, 4) is 17.1 Å². The van der Waals surface area contributed by atoms with Crippen LogP contribution in [0.2, 0.25) is 0 Å². The zero-order chi connectivity index (χ0) is 21.3. The van der Waals surface area contributed by atoms with E-state index in [0.717, 1.165) is 28.9 Å². The molecule has 4 aromatic rings. The van der Waals surface area contributed by atoms with Crippen molar-refractivity contribution >= 4 is 11.6 Å². The third kappa shape index (κ3) is 3.67. The van der Waals surface area contributed by atoms with Gasteiger partial charge < -0.3 is 10.4 Å². The molecule has 0 atom stereocenters. The third-order valence-electron chi connectivity index (χ3n) is 4.80. The van der Waals surface area contributed by atoms with E-state index in [2.05, 4.69) is 25.5 Å². The number of halogens is 1. The predicted octanol–water partition coefficient (Wildman–Crippen LogP) is 3.31. The summed E-state index contributed by atoms with van der Waals surface area (Å²) in [6, 6.07) is 9.92. The van der Waals surface area contributed by atoms with Crippen LogP contribution in [0.1, 0.15) is 23.9 Å². The summed E-state index contributed by atoms with van der Waals surface area (Å²) in [5.41, 5.74) is 4.23. The van der Waals surface area contributed by atoms with Gasteiger partial charge in [0.15, 0.2) is 11.6 Å². The maximum absolute atomic E-state index is 13.3. The van der Waals surface area contributed by atoms with Crippen LogP contribution < -0.4 is 5.32 Å². The fourth-order valence-corrected chi connectivity index (χ4v) is 3.49. The van der Waals surface area contributed by atoms with E-state index in [1.807, 2.05) is 20.9 Å². The number of aliphatic hydroxyl groups excluding tert-OH is 1. The van der Waals surface area contributed by atoms with Gasteiger partial charge in [-0.2, -0.15) is 10.2 Å². The van der Waals surface area contributed by atoms with Crippen molar-refractivity contribution in [3.63, 3.8) is 0 Å². The number of aromatic nitrogens is 6. The first kappa shape index (κ1) is 19.7. The number of hydrogen-bond acceptors (Lipinski definition) is 6. The van der Waals surface area contributed by atoms with Gasteiger partial charge in [0.05, 0.1) is 23.7 Å². The molecule has 0 aliphatic heterocycles. The van der Waals surface area contributed by atoms with Gasteiger partial charge in [-0.1, -0.05) is 6.92 Å². The molecule has 4 rings (SSSR count). The van der Waals surface area contributed by atoms with Gasteiger partial charge in [-0.25, -0.2) is 19.0 Å². The number of benzene rings is 1. The summed E-state index contributed by atoms with van der Waals surface area (Å²) < 4.78 is 16.7. The van der Waals surface area contributed by atoms with Gasteiger partial charge in [0.1, 0.15) is 18.0 Å². The molecule has 2 N–H and O–H groups in total. The number of nitrogens with zero attached hydrogens (tertiary/aromatic N) is 6. The summed E-state index contributed by atoms with van der Waals surface area (Å²) in [7, 11) is 1.86. The van der Waals surface area contributed by atoms with E-state index >= 15 is 0 Å². The van der Waals surface area contributed by atoms with Gasteiger partial charge in [0, 0.05) is 24.2 Å². The fourth-order valence-electron chi connectivity index (χ4n) is 3.49. The monoisotopic (exact) mass is 407 g/mol. The van der Waals surface area contributed by atoms with Crippen LogP contribution in [0.25, 0.3) is 17.1 Å². The number of aliphatic hydroxyl groups is 1. The van der Waals surface area contributed by atoms with E-state index in [4.69, 9.17) is 0 Å². The zero-order valence-electron chi connectivity index (χ0n) is 17.0. The predicted molar refractivity (Wildman–Crippen MR) is 111 cm³/mol. The molecule has 0 fully saturated rings. The molecule has 0 amide bonds. The second kappa shape index (κ2) is 8.03. The van der Waals surface area contributed by atoms with Crippen molar-refractivity contribution < 1.29 is 9.50 Å². The quantitative estimate of drug-likeness (QED) is 0.509. The number of anilines is 2. The molecular formula is C21H22FN7O. The number of rotatable bonds is 6. The maximum Gasteiger partial charge on any atom is 0.159 e. The van der Waals surface area contributed by atoms with Crippen molar-refractivity contribution in [2.75, 3.05) is 5.32 Å². The Morgan fingerprint density at radius 3 is 2.57 bits per heavy atom. The molecule has 0 bridgehead atoms. The van der Waals surface area contributed by atoms with Crippen molar-refractivity contribution in [1.82, 2.24) is 29.5 Å². The first-order valence-electron chi connectivity index (χ1n) is 9.57. The van der Waals surface area contributed by atoms with Crippen LogP contribution in [0.5, 0.6) is 0 Å². The molecule has 9 heteroatoms. The standard InChI is InChI=1S/C21H22FN7O/c1-4-17-20(14-5-7-15(22)8-6-14)28(3)27-21(17)25-18-10-19(24-12-23-18)29-16(11-30)9-13(2)26-29/h5-10,12,30H,4,11H2,1-3H3,(H,23,24,25,27). The fraction of sp³-hybridized carbons (Fsp3) is 0.238. The van der Waals surface area contributed by atoms with Gasteiger partial charge in [-0.05, 0) is 43.7 Å². The first-order chi connectivity index (χ1) is 14.5. The van der Waals surface area contributed by atoms with E-state index in [0.29, 0.717) is 23.1 Å². The molecule has 3 aromatic heterocycles. The summed E-state index contributed by atoms with van der Waals surface area (Å²) in [6.07, 6.45) is 2.17. The highest BCUT2D eigenvalue weighted by Gasteiger charge is 2.17. The van der Waals surface area contributed by atoms with Crippen molar-refractivity contribution in [2.45, 2.75) is 26.9 Å². The van der Waals surface area contributed by atoms with Gasteiger partial charge >= 0.3 is 0 Å². The van der Waals surface area contributed by atoms with Crippen LogP contribution in [-0.4, -0.2) is 34.6 Å². The Hall–Kier alpha value is -3.59. The molecule has 0 spiro atoms. The van der Waals surface area contributed by atoms with Crippen LogP contribution in [0.3, 0.4) is 0 Å². The highest BCUT2D eigenvalue weighted by Crippen LogP contribution is 2.31. The average molecular weight is 407 g/mol. The summed E-state index contributed by atoms with van der Waals surface area (Å²) in [5.74, 6) is 1.48. The van der Waals surface area contributed by atoms with Crippen molar-refractivity contribution in [2.24, 2.45) is 7.05 Å². The lowest BCUT2D eigenvalue weighted by Gasteiger charge is -2.08. The van der Waals surface area contributed by atoms with Crippen LogP contribution in [-0.2, 0) is 20.1 Å². The minimum absolute atomic E-state index is 0.144. The molecule has 3 heterocycles. The summed E-state index contributed by atoms with van der Waals surface area (Å²) >= 11 is 0. The largest absolute Gasteiger partial charge is 0.390 e. The van der Waals surface area contributed by atoms with Gasteiger partial charge in [0.2, 0.25) is 0 Å². The number of nitrogens with one attached hydrogen (secondary N) is 1. The number of hydrogen-bond donors (Lipinski definition) is 2. The molecule has 0 aliphatic carbocycles. The molecule has 0 saturated carbocycles. The van der Waals surface area contributed by atoms with Crippen LogP contribution in [0, 0.1) is 12.7 Å². The van der Waals surface area contributed by atoms with E-state index < -0.39 is 0 Å². The Balaban J connectivity index is 1.70. The van der Waals surface area contributed by atoms with Crippen LogP contribution >= 0.6 is 0 Å². The lowest BCUT2D eigenvalue weighted by atomic mass is 10.1. The molecule has 8 nitrogen and oxygen atoms in total. The summed E-state index contributed by atoms with van der Waals surface area (Å²) in [6.45, 7) is 3.75. The Morgan fingerprint density at radius 2 is 1.87 bits per heavy atom. The van der Waals surface area contributed by atoms with Gasteiger partial charge in [-0.15, -0.1) is 0 Å². The van der Waals surface area contributed by atoms with Crippen LogP contribution in [0.15, 0.2) is 42.7 Å². The highest BCUT2D eigenvalue weighted by molar-refractivity contribution is 5.72. The highest BCUT2D eigenvalue weighted by atomic mass is 19.1. The molecule has 1 aromatic carbocycles. The topological polar surface area (TPSA) is 93.7 Å². The molecule has 30 heavy (non-hydrogen) atoms. The Bertz CT molecular complexity index is 1180. The molecule has 154 valence electrons. The summed E-state index contributed by atoms with van der Waals surface area (Å²) in [5, 5.41) is 21.8. The van der Waals surface area contributed by atoms with Crippen molar-refractivity contribution in [1.29, 1.82) is 0 Å². The van der Waals surface area contributed by atoms with E-state index in [1.54, 1.807) is 33.6 Å². The lowest BCUT2D eigenvalue weighted by molar-refractivity contribution is 0.273. The number of aryl methyl sites for hydroxylation is 2. The Kier molecular flexibility index (Phi) is 5.28. The van der Waals surface area contributed by atoms with E-state index in [-0.39, 0.29) is 12.4 Å². The molecule has 0 unspecified atom stereocenters. The Labute approximate surface area is 173 Å².